The third-order valence-electron chi connectivity index (χ3n) is 3.46. The quantitative estimate of drug-likeness (QED) is 0.844. The number of likely N-dealkylation sites (N-methyl/N-ethyl adjacent to an activating group) is 2. The number of carbonyl (C=O) groups excluding carboxylic acids is 2. The summed E-state index contributed by atoms with van der Waals surface area (Å²) < 4.78 is 5.28. The fourth-order valence-corrected chi connectivity index (χ4v) is 2.20. The molecule has 1 aromatic carbocycles. The van der Waals surface area contributed by atoms with E-state index in [1.165, 1.54) is 4.90 Å². The molecule has 22 heavy (non-hydrogen) atoms. The van der Waals surface area contributed by atoms with Crippen molar-refractivity contribution in [2.75, 3.05) is 26.5 Å². The number of ether oxygens (including phenoxy) is 1. The van der Waals surface area contributed by atoms with Gasteiger partial charge in [0.25, 0.3) is 0 Å². The van der Waals surface area contributed by atoms with Crippen molar-refractivity contribution >= 4 is 17.7 Å². The molecule has 1 rings (SSSR count). The second-order valence-corrected chi connectivity index (χ2v) is 5.42. The molecule has 0 fully saturated rings. The van der Waals surface area contributed by atoms with E-state index in [4.69, 9.17) is 4.74 Å². The molecule has 0 aromatic heterocycles. The standard InChI is InChI=1S/C16H25N3O3/c1-11(2)14(15(20)18-4)19(5)16(21)22-10-12-6-8-13(17-3)9-7-12/h6-9,11,14,17H,10H2,1-5H3,(H,18,20)/t14-/m0/s1. The van der Waals surface area contributed by atoms with Crippen molar-refractivity contribution in [2.24, 2.45) is 5.92 Å². The van der Waals surface area contributed by atoms with E-state index in [0.717, 1.165) is 11.3 Å². The molecule has 1 atom stereocenters. The highest BCUT2D eigenvalue weighted by Crippen LogP contribution is 2.13. The molecule has 0 aliphatic heterocycles. The molecule has 0 bridgehead atoms. The lowest BCUT2D eigenvalue weighted by atomic mass is 10.0. The molecule has 6 heteroatoms. The minimum absolute atomic E-state index is 0.00703. The SMILES string of the molecule is CNC(=O)[C@H](C(C)C)N(C)C(=O)OCc1ccc(NC)cc1. The van der Waals surface area contributed by atoms with Crippen LogP contribution in [-0.4, -0.2) is 44.1 Å². The number of rotatable bonds is 6. The molecular weight excluding hydrogens is 282 g/mol. The third-order valence-corrected chi connectivity index (χ3v) is 3.46. The van der Waals surface area contributed by atoms with Gasteiger partial charge in [0.1, 0.15) is 12.6 Å². The van der Waals surface area contributed by atoms with Crippen LogP contribution in [0.1, 0.15) is 19.4 Å². The minimum Gasteiger partial charge on any atom is -0.445 e. The van der Waals surface area contributed by atoms with Gasteiger partial charge in [0.2, 0.25) is 5.91 Å². The largest absolute Gasteiger partial charge is 0.445 e. The molecule has 6 nitrogen and oxygen atoms in total. The van der Waals surface area contributed by atoms with Crippen molar-refractivity contribution in [1.82, 2.24) is 10.2 Å². The Labute approximate surface area is 131 Å². The van der Waals surface area contributed by atoms with Gasteiger partial charge in [-0.25, -0.2) is 4.79 Å². The van der Waals surface area contributed by atoms with E-state index in [-0.39, 0.29) is 18.4 Å². The van der Waals surface area contributed by atoms with Gasteiger partial charge in [-0.2, -0.15) is 0 Å². The molecule has 2 N–H and O–H groups in total. The second kappa shape index (κ2) is 8.26. The minimum atomic E-state index is -0.552. The zero-order chi connectivity index (χ0) is 16.7. The second-order valence-electron chi connectivity index (χ2n) is 5.42. The first-order chi connectivity index (χ1) is 10.4. The average Bonchev–Trinajstić information content (AvgIpc) is 2.52. The fraction of sp³-hybridized carbons (Fsp3) is 0.500. The molecule has 0 spiro atoms. The number of amides is 2. The maximum Gasteiger partial charge on any atom is 0.410 e. The van der Waals surface area contributed by atoms with E-state index in [9.17, 15) is 9.59 Å². The lowest BCUT2D eigenvalue weighted by Gasteiger charge is -2.28. The van der Waals surface area contributed by atoms with Crippen molar-refractivity contribution in [3.63, 3.8) is 0 Å². The van der Waals surface area contributed by atoms with Gasteiger partial charge in [-0.15, -0.1) is 0 Å². The molecule has 2 amide bonds. The lowest BCUT2D eigenvalue weighted by molar-refractivity contribution is -0.126. The Morgan fingerprint density at radius 2 is 1.77 bits per heavy atom. The van der Waals surface area contributed by atoms with Crippen molar-refractivity contribution in [3.05, 3.63) is 29.8 Å². The summed E-state index contributed by atoms with van der Waals surface area (Å²) in [6, 6.07) is 7.04. The number of carbonyl (C=O) groups is 2. The van der Waals surface area contributed by atoms with Crippen LogP contribution in [0.3, 0.4) is 0 Å². The maximum atomic E-state index is 12.1. The number of anilines is 1. The normalized spacial score (nSPS) is 11.7. The summed E-state index contributed by atoms with van der Waals surface area (Å²) in [7, 11) is 4.97. The summed E-state index contributed by atoms with van der Waals surface area (Å²) in [5.41, 5.74) is 1.88. The maximum absolute atomic E-state index is 12.1. The Bertz CT molecular complexity index is 500. The Morgan fingerprint density at radius 3 is 2.23 bits per heavy atom. The summed E-state index contributed by atoms with van der Waals surface area (Å²) in [6.07, 6.45) is -0.514. The topological polar surface area (TPSA) is 70.7 Å². The van der Waals surface area contributed by atoms with Gasteiger partial charge in [0, 0.05) is 26.8 Å². The molecule has 0 radical (unpaired) electrons. The van der Waals surface area contributed by atoms with Crippen molar-refractivity contribution in [3.8, 4) is 0 Å². The Balaban J connectivity index is 2.64. The summed E-state index contributed by atoms with van der Waals surface area (Å²) in [5, 5.41) is 5.60. The van der Waals surface area contributed by atoms with Gasteiger partial charge in [0.15, 0.2) is 0 Å². The van der Waals surface area contributed by atoms with Crippen LogP contribution in [0, 0.1) is 5.92 Å². The van der Waals surface area contributed by atoms with E-state index in [0.29, 0.717) is 0 Å². The van der Waals surface area contributed by atoms with E-state index >= 15 is 0 Å². The number of benzene rings is 1. The van der Waals surface area contributed by atoms with Gasteiger partial charge in [-0.3, -0.25) is 9.69 Å². The smallest absolute Gasteiger partial charge is 0.410 e. The highest BCUT2D eigenvalue weighted by molar-refractivity contribution is 5.85. The molecule has 0 saturated heterocycles. The van der Waals surface area contributed by atoms with Crippen LogP contribution in [0.15, 0.2) is 24.3 Å². The van der Waals surface area contributed by atoms with E-state index < -0.39 is 12.1 Å². The van der Waals surface area contributed by atoms with E-state index in [1.54, 1.807) is 14.1 Å². The Kier molecular flexibility index (Phi) is 6.69. The molecule has 0 aliphatic rings. The van der Waals surface area contributed by atoms with Crippen LogP contribution < -0.4 is 10.6 Å². The third kappa shape index (κ3) is 4.65. The Hall–Kier alpha value is -2.24. The fourth-order valence-electron chi connectivity index (χ4n) is 2.20. The molecule has 1 aromatic rings. The van der Waals surface area contributed by atoms with Gasteiger partial charge in [-0.05, 0) is 23.6 Å². The van der Waals surface area contributed by atoms with Gasteiger partial charge in [-0.1, -0.05) is 26.0 Å². The summed E-state index contributed by atoms with van der Waals surface area (Å²) >= 11 is 0. The van der Waals surface area contributed by atoms with Crippen LogP contribution in [0.25, 0.3) is 0 Å². The number of nitrogens with one attached hydrogen (secondary N) is 2. The van der Waals surface area contributed by atoms with Crippen LogP contribution in [0.4, 0.5) is 10.5 Å². The van der Waals surface area contributed by atoms with Crippen molar-refractivity contribution < 1.29 is 14.3 Å². The monoisotopic (exact) mass is 307 g/mol. The zero-order valence-electron chi connectivity index (χ0n) is 13.8. The molecule has 122 valence electrons. The first-order valence-corrected chi connectivity index (χ1v) is 7.28. The summed E-state index contributed by atoms with van der Waals surface area (Å²) in [4.78, 5) is 25.3. The highest BCUT2D eigenvalue weighted by Gasteiger charge is 2.29. The van der Waals surface area contributed by atoms with E-state index in [2.05, 4.69) is 10.6 Å². The van der Waals surface area contributed by atoms with Crippen LogP contribution >= 0.6 is 0 Å². The van der Waals surface area contributed by atoms with Crippen LogP contribution in [0.5, 0.6) is 0 Å². The average molecular weight is 307 g/mol. The zero-order valence-corrected chi connectivity index (χ0v) is 13.8. The molecule has 0 aliphatic carbocycles. The molecular formula is C16H25N3O3. The summed E-state index contributed by atoms with van der Waals surface area (Å²) in [6.45, 7) is 3.95. The van der Waals surface area contributed by atoms with Crippen LogP contribution in [0.2, 0.25) is 0 Å². The molecule has 0 saturated carbocycles. The van der Waals surface area contributed by atoms with Crippen molar-refractivity contribution in [1.29, 1.82) is 0 Å². The van der Waals surface area contributed by atoms with Crippen LogP contribution in [-0.2, 0) is 16.1 Å². The predicted octanol–water partition coefficient (Wildman–Crippen LogP) is 2.07. The highest BCUT2D eigenvalue weighted by atomic mass is 16.6. The summed E-state index contributed by atoms with van der Waals surface area (Å²) in [5.74, 6) is -0.208. The number of nitrogens with zero attached hydrogens (tertiary/aromatic N) is 1. The van der Waals surface area contributed by atoms with Gasteiger partial charge < -0.3 is 15.4 Å². The Morgan fingerprint density at radius 1 is 1.18 bits per heavy atom. The predicted molar refractivity (Wildman–Crippen MR) is 86.6 cm³/mol. The molecule has 0 unspecified atom stereocenters. The first-order valence-electron chi connectivity index (χ1n) is 7.28. The van der Waals surface area contributed by atoms with Crippen molar-refractivity contribution in [2.45, 2.75) is 26.5 Å². The van der Waals surface area contributed by atoms with Gasteiger partial charge in [0.05, 0.1) is 0 Å². The number of hydrogen-bond acceptors (Lipinski definition) is 4. The van der Waals surface area contributed by atoms with E-state index in [1.807, 2.05) is 45.2 Å². The van der Waals surface area contributed by atoms with Gasteiger partial charge >= 0.3 is 6.09 Å². The molecule has 0 heterocycles. The number of hydrogen-bond donors (Lipinski definition) is 2. The first kappa shape index (κ1) is 17.8. The lowest BCUT2D eigenvalue weighted by Crippen LogP contribution is -2.49.